The Labute approximate surface area is 463 Å². The van der Waals surface area contributed by atoms with E-state index in [9.17, 15) is 9.60 Å². The molecule has 0 spiro atoms. The van der Waals surface area contributed by atoms with Gasteiger partial charge in [0, 0.05) is 32.7 Å². The molecule has 0 N–H and O–H groups in total. The summed E-state index contributed by atoms with van der Waals surface area (Å²) in [6.45, 7) is 9.07. The second kappa shape index (κ2) is 18.4. The molecule has 0 aliphatic carbocycles. The summed E-state index contributed by atoms with van der Waals surface area (Å²) in [5.41, 5.74) is 0.374. The molecule has 0 atom stereocenters. The molecule has 0 amide bonds. The lowest BCUT2D eigenvalue weighted by Crippen LogP contribution is -2.35. The number of benzene rings is 9. The van der Waals surface area contributed by atoms with Crippen LogP contribution >= 0.6 is 0 Å². The summed E-state index contributed by atoms with van der Waals surface area (Å²) >= 11 is 0. The van der Waals surface area contributed by atoms with Gasteiger partial charge in [-0.25, -0.2) is 4.98 Å². The van der Waals surface area contributed by atoms with Gasteiger partial charge in [0.25, 0.3) is 6.33 Å². The number of nitrogens with zero attached hydrogens (tertiary/aromatic N) is 4. The Hall–Kier alpha value is -8.80. The van der Waals surface area contributed by atoms with Crippen LogP contribution in [0.15, 0.2) is 224 Å². The molecule has 5 nitrogen and oxygen atoms in total. The zero-order valence-electron chi connectivity index (χ0n) is 62.2. The van der Waals surface area contributed by atoms with Gasteiger partial charge in [0.2, 0.25) is 0 Å². The predicted octanol–water partition coefficient (Wildman–Crippen LogP) is 17.6. The predicted molar refractivity (Wildman–Crippen MR) is 306 cm³/mol. The molecular formula is C69H58N4O. The minimum absolute atomic E-state index is 0.140. The topological polar surface area (TPSA) is 35.9 Å². The van der Waals surface area contributed by atoms with E-state index >= 15 is 0 Å². The third-order valence-corrected chi connectivity index (χ3v) is 12.9. The van der Waals surface area contributed by atoms with E-state index in [2.05, 4.69) is 6.33 Å². The molecule has 0 aliphatic rings. The van der Waals surface area contributed by atoms with E-state index in [1.54, 1.807) is 50.1 Å². The van der Waals surface area contributed by atoms with Crippen LogP contribution in [0.2, 0.25) is 0 Å². The zero-order valence-corrected chi connectivity index (χ0v) is 41.2. The van der Waals surface area contributed by atoms with Crippen molar-refractivity contribution in [2.45, 2.75) is 59.2 Å². The summed E-state index contributed by atoms with van der Waals surface area (Å²) in [6, 6.07) is 20.0. The Morgan fingerprint density at radius 2 is 1.16 bits per heavy atom. The third-order valence-electron chi connectivity index (χ3n) is 12.9. The van der Waals surface area contributed by atoms with Crippen molar-refractivity contribution in [1.29, 1.82) is 0 Å². The average molecular weight is 980 g/mol. The fraction of sp³-hybridized carbons (Fsp3) is 0.130. The second-order valence-electron chi connectivity index (χ2n) is 19.9. The highest BCUT2D eigenvalue weighted by molar-refractivity contribution is 6.09. The number of rotatable bonds is 9. The third kappa shape index (κ3) is 8.54. The number of ether oxygens (including phenoxy) is 1. The van der Waals surface area contributed by atoms with Crippen molar-refractivity contribution >= 4 is 32.8 Å². The van der Waals surface area contributed by atoms with Gasteiger partial charge in [0.1, 0.15) is 17.3 Å². The van der Waals surface area contributed by atoms with Crippen LogP contribution in [0.25, 0.3) is 94.5 Å². The van der Waals surface area contributed by atoms with Crippen molar-refractivity contribution in [2.24, 2.45) is 0 Å². The molecule has 12 rings (SSSR count). The van der Waals surface area contributed by atoms with E-state index in [1.807, 2.05) is 108 Å². The highest BCUT2D eigenvalue weighted by Crippen LogP contribution is 2.42. The number of fused-ring (bicyclic) bond motifs is 4. The maximum Gasteiger partial charge on any atom is 0.269 e. The minimum Gasteiger partial charge on any atom is -0.458 e. The van der Waals surface area contributed by atoms with Gasteiger partial charge in [-0.15, -0.1) is 0 Å². The first-order valence-corrected chi connectivity index (χ1v) is 23.9. The first-order chi connectivity index (χ1) is 44.6. The van der Waals surface area contributed by atoms with E-state index < -0.39 is 149 Å². The van der Waals surface area contributed by atoms with Gasteiger partial charge >= 0.3 is 0 Å². The molecule has 9 aromatic carbocycles. The molecule has 0 bridgehead atoms. The zero-order chi connectivity index (χ0) is 68.9. The second-order valence-corrected chi connectivity index (χ2v) is 19.9. The Morgan fingerprint density at radius 1 is 0.541 bits per heavy atom. The fourth-order valence-corrected chi connectivity index (χ4v) is 9.32. The standard InChI is InChI=1S/C69H58N4O/c1-46-36-66(70-44-60(46)49-26-15-10-16-27-49)73-62-31-18-17-30-57(62)58-35-34-56(43-65(58)73)74-55-29-21-28-54(42-55)71-45-72(64-33-20-19-32-63(64)71)67-59(40-53(68(2,3)4)41-61(67)69(5,6)7)52-38-50(47-22-11-8-12-23-47)37-51(39-52)48-24-13-9-14-25-48/h8-44H,1-7H3/i1D3,8D,9D,10D,11D,12D,13D,14D,15D,16D,22D,23D,24D,25D,26D,27D,37D,38D,39D. The highest BCUT2D eigenvalue weighted by Gasteiger charge is 2.29. The van der Waals surface area contributed by atoms with E-state index in [4.69, 9.17) is 28.9 Å². The Kier molecular flexibility index (Phi) is 7.05. The summed E-state index contributed by atoms with van der Waals surface area (Å²) in [5.74, 6) is 0.900. The van der Waals surface area contributed by atoms with Gasteiger partial charge in [-0.05, 0) is 134 Å². The summed E-state index contributed by atoms with van der Waals surface area (Å²) in [7, 11) is 0. The smallest absolute Gasteiger partial charge is 0.269 e. The minimum atomic E-state index is -2.83. The summed E-state index contributed by atoms with van der Waals surface area (Å²) in [4.78, 5) is 4.71. The normalized spacial score (nSPS) is 16.2. The molecular weight excluding hydrogens is 901 g/mol. The molecule has 5 heteroatoms. The summed E-state index contributed by atoms with van der Waals surface area (Å²) < 4.78 is 199. The Balaban J connectivity index is 1.06. The van der Waals surface area contributed by atoms with Crippen molar-refractivity contribution in [2.75, 3.05) is 0 Å². The van der Waals surface area contributed by atoms with Gasteiger partial charge in [0.15, 0.2) is 0 Å². The number of aromatic nitrogens is 4. The van der Waals surface area contributed by atoms with Crippen molar-refractivity contribution in [3.8, 4) is 73.2 Å². The maximum atomic E-state index is 10.3. The molecule has 74 heavy (non-hydrogen) atoms. The van der Waals surface area contributed by atoms with Crippen LogP contribution in [0, 0.1) is 13.2 Å². The Bertz CT molecular complexity index is 5110. The number of hydrogen-bond donors (Lipinski definition) is 0. The molecule has 12 aromatic rings. The van der Waals surface area contributed by atoms with Crippen LogP contribution < -0.4 is 9.30 Å². The van der Waals surface area contributed by atoms with Crippen LogP contribution in [0.1, 0.15) is 87.0 Å². The maximum absolute atomic E-state index is 10.3. The van der Waals surface area contributed by atoms with Crippen LogP contribution in [0.5, 0.6) is 11.5 Å². The van der Waals surface area contributed by atoms with Crippen LogP contribution in [-0.4, -0.2) is 14.1 Å². The van der Waals surface area contributed by atoms with E-state index in [0.717, 1.165) is 16.3 Å². The quantitative estimate of drug-likeness (QED) is 0.107. The lowest BCUT2D eigenvalue weighted by molar-refractivity contribution is -0.572. The first-order valence-electron chi connectivity index (χ1n) is 34.4. The van der Waals surface area contributed by atoms with Crippen molar-refractivity contribution < 1.29 is 38.1 Å². The largest absolute Gasteiger partial charge is 0.458 e. The number of imidazole rings is 1. The van der Waals surface area contributed by atoms with Crippen molar-refractivity contribution in [3.05, 3.63) is 247 Å². The van der Waals surface area contributed by atoms with E-state index in [0.29, 0.717) is 50.5 Å². The van der Waals surface area contributed by atoms with Gasteiger partial charge in [0.05, 0.1) is 58.1 Å². The number of hydrogen-bond acceptors (Lipinski definition) is 2. The van der Waals surface area contributed by atoms with Crippen molar-refractivity contribution in [1.82, 2.24) is 14.1 Å². The summed E-state index contributed by atoms with van der Waals surface area (Å²) in [6.07, 6.45) is 4.80. The molecule has 0 fully saturated rings. The summed E-state index contributed by atoms with van der Waals surface area (Å²) in [5, 5.41) is 1.56. The molecule has 3 heterocycles. The van der Waals surface area contributed by atoms with Crippen molar-refractivity contribution in [3.63, 3.8) is 0 Å². The van der Waals surface area contributed by atoms with Gasteiger partial charge in [-0.3, -0.25) is 13.7 Å². The lowest BCUT2D eigenvalue weighted by Gasteiger charge is -2.30. The van der Waals surface area contributed by atoms with E-state index in [-0.39, 0.29) is 33.6 Å². The van der Waals surface area contributed by atoms with E-state index in [1.165, 1.54) is 12.3 Å². The molecule has 0 saturated heterocycles. The van der Waals surface area contributed by atoms with Crippen LogP contribution in [-0.2, 0) is 10.8 Å². The number of aryl methyl sites for hydroxylation is 1. The fourth-order valence-electron chi connectivity index (χ4n) is 9.32. The molecule has 0 aliphatic heterocycles. The molecule has 0 radical (unpaired) electrons. The molecule has 0 unspecified atom stereocenters. The average Bonchev–Trinajstić information content (AvgIpc) is 1.70. The van der Waals surface area contributed by atoms with Crippen LogP contribution in [0.4, 0.5) is 0 Å². The van der Waals surface area contributed by atoms with Crippen LogP contribution in [0.3, 0.4) is 0 Å². The molecule has 0 saturated carbocycles. The lowest BCUT2D eigenvalue weighted by atomic mass is 9.77. The molecule has 3 aromatic heterocycles. The van der Waals surface area contributed by atoms with Gasteiger partial charge in [-0.2, -0.15) is 0 Å². The SMILES string of the molecule is [2H]c1c([2H])c([2H])c(-c2cnc(-n3c4ccccc4c4ccc(Oc5cccc(-n6[c-][n+](-c7c(-c8c([2H])c(-c9c([2H])c([2H])c([2H])c([2H])c9[2H])c([2H])c(-c9c([2H])c([2H])c([2H])c([2H])c9[2H])c8[2H])cc(C(C)(C)C)cc7C(C)(C)C)c7ccccc76)c5)cc43)cc2C([2H])([2H])[2H])c([2H])c1[2H]. The highest BCUT2D eigenvalue weighted by atomic mass is 16.5. The number of para-hydroxylation sites is 3. The first kappa shape index (κ1) is 28.4. The monoisotopic (exact) mass is 980 g/mol. The Morgan fingerprint density at radius 3 is 1.84 bits per heavy atom. The number of pyridine rings is 1. The molecule has 360 valence electrons. The van der Waals surface area contributed by atoms with Gasteiger partial charge < -0.3 is 4.74 Å². The van der Waals surface area contributed by atoms with Gasteiger partial charge in [-0.1, -0.05) is 193 Å².